The number of benzene rings is 2. The lowest BCUT2D eigenvalue weighted by molar-refractivity contribution is 0.102. The molecule has 0 saturated heterocycles. The van der Waals surface area contributed by atoms with Crippen molar-refractivity contribution in [3.05, 3.63) is 76.0 Å². The Labute approximate surface area is 185 Å². The third-order valence-corrected chi connectivity index (χ3v) is 7.08. The number of carbonyl (C=O) groups excluding carboxylic acids is 1. The zero-order chi connectivity index (χ0) is 22.6. The fourth-order valence-corrected chi connectivity index (χ4v) is 5.09. The third kappa shape index (κ3) is 6.37. The van der Waals surface area contributed by atoms with Crippen molar-refractivity contribution >= 4 is 48.7 Å². The number of rotatable bonds is 8. The van der Waals surface area contributed by atoms with Crippen LogP contribution in [0.5, 0.6) is 0 Å². The van der Waals surface area contributed by atoms with E-state index in [1.54, 1.807) is 19.1 Å². The monoisotopic (exact) mass is 479 g/mol. The summed E-state index contributed by atoms with van der Waals surface area (Å²) in [5, 5.41) is 4.51. The van der Waals surface area contributed by atoms with E-state index in [4.69, 9.17) is 0 Å². The van der Waals surface area contributed by atoms with Gasteiger partial charge in [-0.25, -0.2) is 21.6 Å². The first-order valence-corrected chi connectivity index (χ1v) is 13.3. The first-order chi connectivity index (χ1) is 14.5. The predicted octanol–water partition coefficient (Wildman–Crippen LogP) is 3.16. The van der Waals surface area contributed by atoms with Gasteiger partial charge in [-0.1, -0.05) is 18.2 Å². The Hall–Kier alpha value is -2.73. The first kappa shape index (κ1) is 22.9. The highest BCUT2D eigenvalue weighted by Crippen LogP contribution is 2.22. The van der Waals surface area contributed by atoms with Gasteiger partial charge in [0, 0.05) is 22.7 Å². The van der Waals surface area contributed by atoms with E-state index in [1.165, 1.54) is 41.7 Å². The summed E-state index contributed by atoms with van der Waals surface area (Å²) < 4.78 is 53.1. The fourth-order valence-electron chi connectivity index (χ4n) is 2.68. The molecule has 3 rings (SSSR count). The molecule has 0 bridgehead atoms. The Morgan fingerprint density at radius 2 is 1.77 bits per heavy atom. The molecule has 0 aliphatic rings. The second kappa shape index (κ2) is 9.18. The van der Waals surface area contributed by atoms with Gasteiger partial charge >= 0.3 is 0 Å². The minimum absolute atomic E-state index is 0.0277. The van der Waals surface area contributed by atoms with Crippen molar-refractivity contribution in [1.29, 1.82) is 0 Å². The van der Waals surface area contributed by atoms with Crippen LogP contribution in [0.15, 0.2) is 64.9 Å². The van der Waals surface area contributed by atoms with Crippen molar-refractivity contribution in [2.24, 2.45) is 0 Å². The number of amides is 1. The van der Waals surface area contributed by atoms with E-state index in [-0.39, 0.29) is 17.0 Å². The number of carbonyl (C=O) groups is 1. The maximum absolute atomic E-state index is 12.7. The van der Waals surface area contributed by atoms with Crippen molar-refractivity contribution in [2.75, 3.05) is 16.3 Å². The molecule has 0 unspecified atom stereocenters. The van der Waals surface area contributed by atoms with Crippen molar-refractivity contribution in [3.8, 4) is 0 Å². The maximum atomic E-state index is 12.7. The van der Waals surface area contributed by atoms with Gasteiger partial charge in [-0.15, -0.1) is 11.3 Å². The third-order valence-electron chi connectivity index (χ3n) is 4.21. The smallest absolute Gasteiger partial charge is 0.255 e. The van der Waals surface area contributed by atoms with Gasteiger partial charge in [0.05, 0.1) is 16.8 Å². The molecule has 1 amide bonds. The van der Waals surface area contributed by atoms with Gasteiger partial charge in [0.15, 0.2) is 0 Å². The lowest BCUT2D eigenvalue weighted by atomic mass is 10.1. The largest absolute Gasteiger partial charge is 0.322 e. The van der Waals surface area contributed by atoms with E-state index in [1.807, 2.05) is 17.5 Å². The second-order valence-electron chi connectivity index (χ2n) is 6.79. The van der Waals surface area contributed by atoms with Gasteiger partial charge in [0.25, 0.3) is 5.91 Å². The number of aryl methyl sites for hydroxylation is 1. The molecule has 3 aromatic rings. The summed E-state index contributed by atoms with van der Waals surface area (Å²) in [4.78, 5) is 13.5. The molecule has 8 nitrogen and oxygen atoms in total. The Morgan fingerprint density at radius 3 is 2.45 bits per heavy atom. The molecule has 0 aliphatic heterocycles. The van der Waals surface area contributed by atoms with E-state index in [9.17, 15) is 21.6 Å². The SMILES string of the molecule is Cc1ccc(NC(=O)c2cccc(S(=O)(=O)NCc3cccs3)c2)cc1NS(C)(=O)=O. The van der Waals surface area contributed by atoms with E-state index in [2.05, 4.69) is 14.8 Å². The molecule has 11 heteroatoms. The molecule has 1 aromatic heterocycles. The Morgan fingerprint density at radius 1 is 1.00 bits per heavy atom. The maximum Gasteiger partial charge on any atom is 0.255 e. The number of nitrogens with one attached hydrogen (secondary N) is 3. The van der Waals surface area contributed by atoms with Gasteiger partial charge < -0.3 is 5.32 Å². The van der Waals surface area contributed by atoms with E-state index < -0.39 is 26.0 Å². The number of sulfonamides is 2. The quantitative estimate of drug-likeness (QED) is 0.458. The van der Waals surface area contributed by atoms with Gasteiger partial charge in [-0.2, -0.15) is 0 Å². The lowest BCUT2D eigenvalue weighted by Gasteiger charge is -2.12. The number of anilines is 2. The Kier molecular flexibility index (Phi) is 6.80. The minimum Gasteiger partial charge on any atom is -0.322 e. The van der Waals surface area contributed by atoms with Gasteiger partial charge in [-0.3, -0.25) is 9.52 Å². The standard InChI is InChI=1S/C20H21N3O5S3/c1-14-8-9-16(12-19(14)23-30(2,25)26)22-20(24)15-5-3-7-18(11-15)31(27,28)21-13-17-6-4-10-29-17/h3-12,21,23H,13H2,1-2H3,(H,22,24). The zero-order valence-electron chi connectivity index (χ0n) is 16.7. The molecule has 1 heterocycles. The van der Waals surface area contributed by atoms with Crippen LogP contribution in [-0.2, 0) is 26.6 Å². The van der Waals surface area contributed by atoms with Crippen LogP contribution < -0.4 is 14.8 Å². The van der Waals surface area contributed by atoms with Gasteiger partial charge in [0.2, 0.25) is 20.0 Å². The molecule has 0 spiro atoms. The average Bonchev–Trinajstić information content (AvgIpc) is 3.22. The van der Waals surface area contributed by atoms with E-state index >= 15 is 0 Å². The summed E-state index contributed by atoms with van der Waals surface area (Å²) in [5.41, 5.74) is 1.55. The van der Waals surface area contributed by atoms with Crippen molar-refractivity contribution in [3.63, 3.8) is 0 Å². The molecule has 0 aliphatic carbocycles. The van der Waals surface area contributed by atoms with Crippen LogP contribution in [0.2, 0.25) is 0 Å². The number of hydrogen-bond acceptors (Lipinski definition) is 6. The minimum atomic E-state index is -3.80. The van der Waals surface area contributed by atoms with Crippen LogP contribution in [-0.4, -0.2) is 29.0 Å². The molecule has 164 valence electrons. The van der Waals surface area contributed by atoms with Crippen molar-refractivity contribution in [2.45, 2.75) is 18.4 Å². The van der Waals surface area contributed by atoms with Crippen LogP contribution in [0.3, 0.4) is 0 Å². The van der Waals surface area contributed by atoms with Crippen LogP contribution >= 0.6 is 11.3 Å². The van der Waals surface area contributed by atoms with Crippen LogP contribution in [0.25, 0.3) is 0 Å². The lowest BCUT2D eigenvalue weighted by Crippen LogP contribution is -2.23. The summed E-state index contributed by atoms with van der Waals surface area (Å²) >= 11 is 1.44. The molecule has 0 atom stereocenters. The molecule has 31 heavy (non-hydrogen) atoms. The molecular weight excluding hydrogens is 458 g/mol. The number of hydrogen-bond donors (Lipinski definition) is 3. The number of thiophene rings is 1. The summed E-state index contributed by atoms with van der Waals surface area (Å²) in [6.45, 7) is 1.90. The molecular formula is C20H21N3O5S3. The summed E-state index contributed by atoms with van der Waals surface area (Å²) in [6, 6.07) is 14.1. The van der Waals surface area contributed by atoms with Crippen LogP contribution in [0.1, 0.15) is 20.8 Å². The molecule has 0 saturated carbocycles. The van der Waals surface area contributed by atoms with Crippen molar-refractivity contribution in [1.82, 2.24) is 4.72 Å². The predicted molar refractivity (Wildman–Crippen MR) is 122 cm³/mol. The molecule has 2 aromatic carbocycles. The highest BCUT2D eigenvalue weighted by Gasteiger charge is 2.17. The van der Waals surface area contributed by atoms with Crippen molar-refractivity contribution < 1.29 is 21.6 Å². The van der Waals surface area contributed by atoms with E-state index in [0.29, 0.717) is 16.9 Å². The molecule has 0 radical (unpaired) electrons. The molecule has 0 fully saturated rings. The topological polar surface area (TPSA) is 121 Å². The summed E-state index contributed by atoms with van der Waals surface area (Å²) in [5.74, 6) is -0.524. The summed E-state index contributed by atoms with van der Waals surface area (Å²) in [7, 11) is -7.27. The van der Waals surface area contributed by atoms with Gasteiger partial charge in [0.1, 0.15) is 0 Å². The van der Waals surface area contributed by atoms with Crippen LogP contribution in [0.4, 0.5) is 11.4 Å². The fraction of sp³-hybridized carbons (Fsp3) is 0.150. The normalized spacial score (nSPS) is 11.8. The Bertz CT molecular complexity index is 1300. The van der Waals surface area contributed by atoms with E-state index in [0.717, 1.165) is 11.1 Å². The first-order valence-electron chi connectivity index (χ1n) is 9.05. The highest BCUT2D eigenvalue weighted by atomic mass is 32.2. The summed E-state index contributed by atoms with van der Waals surface area (Å²) in [6.07, 6.45) is 1.04. The van der Waals surface area contributed by atoms with Gasteiger partial charge in [-0.05, 0) is 54.3 Å². The zero-order valence-corrected chi connectivity index (χ0v) is 19.2. The Balaban J connectivity index is 1.76. The average molecular weight is 480 g/mol. The second-order valence-corrected chi connectivity index (χ2v) is 11.3. The molecule has 3 N–H and O–H groups in total. The highest BCUT2D eigenvalue weighted by molar-refractivity contribution is 7.92. The van der Waals surface area contributed by atoms with Crippen LogP contribution in [0, 0.1) is 6.92 Å².